The smallest absolute Gasteiger partial charge is 0.347 e. The van der Waals surface area contributed by atoms with Crippen molar-refractivity contribution in [1.29, 1.82) is 0 Å². The Labute approximate surface area is 92.9 Å². The zero-order valence-electron chi connectivity index (χ0n) is 9.11. The van der Waals surface area contributed by atoms with Crippen molar-refractivity contribution in [2.75, 3.05) is 7.11 Å². The van der Waals surface area contributed by atoms with E-state index < -0.39 is 5.97 Å². The van der Waals surface area contributed by atoms with Crippen LogP contribution in [-0.2, 0) is 17.6 Å². The Hall–Kier alpha value is -0.940. The van der Waals surface area contributed by atoms with E-state index >= 15 is 0 Å². The first-order valence-electron chi connectivity index (χ1n) is 4.83. The summed E-state index contributed by atoms with van der Waals surface area (Å²) in [6, 6.07) is 0. The predicted molar refractivity (Wildman–Crippen MR) is 58.6 cm³/mol. The number of aromatic nitrogens is 1. The minimum atomic E-state index is -0.888. The van der Waals surface area contributed by atoms with Gasteiger partial charge in [-0.25, -0.2) is 9.78 Å². The fourth-order valence-corrected chi connectivity index (χ4v) is 2.33. The minimum absolute atomic E-state index is 0.0718. The molecule has 0 aromatic carbocycles. The molecular formula is C10H15NO3S. The third kappa shape index (κ3) is 3.00. The van der Waals surface area contributed by atoms with Gasteiger partial charge in [0.2, 0.25) is 0 Å². The molecule has 1 atom stereocenters. The van der Waals surface area contributed by atoms with Crippen molar-refractivity contribution in [1.82, 2.24) is 4.98 Å². The fourth-order valence-electron chi connectivity index (χ4n) is 1.22. The molecule has 0 aliphatic rings. The van der Waals surface area contributed by atoms with Gasteiger partial charge < -0.3 is 9.84 Å². The lowest BCUT2D eigenvalue weighted by atomic mass is 10.3. The first-order chi connectivity index (χ1) is 7.08. The van der Waals surface area contributed by atoms with Crippen LogP contribution in [0.5, 0.6) is 0 Å². The number of aryl methyl sites for hydroxylation is 1. The first kappa shape index (κ1) is 12.1. The van der Waals surface area contributed by atoms with E-state index in [1.807, 2.05) is 13.8 Å². The zero-order chi connectivity index (χ0) is 11.4. The van der Waals surface area contributed by atoms with Crippen LogP contribution in [0.25, 0.3) is 0 Å². The molecule has 5 heteroatoms. The van der Waals surface area contributed by atoms with Gasteiger partial charge in [0, 0.05) is 13.5 Å². The molecule has 0 amide bonds. The van der Waals surface area contributed by atoms with E-state index in [0.29, 0.717) is 23.4 Å². The predicted octanol–water partition coefficient (Wildman–Crippen LogP) is 1.98. The zero-order valence-corrected chi connectivity index (χ0v) is 9.93. The Morgan fingerprint density at radius 1 is 1.67 bits per heavy atom. The Bertz CT molecular complexity index is 348. The lowest BCUT2D eigenvalue weighted by Crippen LogP contribution is -2.08. The van der Waals surface area contributed by atoms with Gasteiger partial charge in [0.15, 0.2) is 0 Å². The number of nitrogens with zero attached hydrogens (tertiary/aromatic N) is 1. The summed E-state index contributed by atoms with van der Waals surface area (Å²) < 4.78 is 5.12. The van der Waals surface area contributed by atoms with Crippen LogP contribution in [0, 0.1) is 0 Å². The Kier molecular flexibility index (Phi) is 4.23. The molecule has 1 heterocycles. The van der Waals surface area contributed by atoms with Gasteiger partial charge in [-0.05, 0) is 13.3 Å². The van der Waals surface area contributed by atoms with Gasteiger partial charge in [-0.1, -0.05) is 6.92 Å². The number of aromatic carboxylic acids is 1. The number of thiazole rings is 1. The van der Waals surface area contributed by atoms with Crippen LogP contribution < -0.4 is 0 Å². The SMILES string of the molecule is CCc1nc(CC(C)OC)sc1C(=O)O. The molecule has 4 nitrogen and oxygen atoms in total. The summed E-state index contributed by atoms with van der Waals surface area (Å²) in [6.07, 6.45) is 1.39. The number of carbonyl (C=O) groups is 1. The highest BCUT2D eigenvalue weighted by Gasteiger charge is 2.16. The van der Waals surface area contributed by atoms with E-state index in [1.165, 1.54) is 11.3 Å². The van der Waals surface area contributed by atoms with Crippen molar-refractivity contribution in [2.24, 2.45) is 0 Å². The van der Waals surface area contributed by atoms with Gasteiger partial charge in [-0.15, -0.1) is 11.3 Å². The number of hydrogen-bond acceptors (Lipinski definition) is 4. The number of rotatable bonds is 5. The van der Waals surface area contributed by atoms with Gasteiger partial charge >= 0.3 is 5.97 Å². The largest absolute Gasteiger partial charge is 0.477 e. The van der Waals surface area contributed by atoms with Gasteiger partial charge in [-0.2, -0.15) is 0 Å². The number of ether oxygens (including phenoxy) is 1. The molecule has 0 saturated heterocycles. The van der Waals surface area contributed by atoms with Crippen LogP contribution in [0.3, 0.4) is 0 Å². The second-order valence-corrected chi connectivity index (χ2v) is 4.38. The lowest BCUT2D eigenvalue weighted by Gasteiger charge is -2.05. The van der Waals surface area contributed by atoms with Crippen molar-refractivity contribution in [2.45, 2.75) is 32.8 Å². The lowest BCUT2D eigenvalue weighted by molar-refractivity contribution is 0.0701. The Balaban J connectivity index is 2.87. The van der Waals surface area contributed by atoms with Crippen molar-refractivity contribution in [3.8, 4) is 0 Å². The summed E-state index contributed by atoms with van der Waals surface area (Å²) in [6.45, 7) is 3.85. The van der Waals surface area contributed by atoms with Crippen molar-refractivity contribution >= 4 is 17.3 Å². The second-order valence-electron chi connectivity index (χ2n) is 3.29. The molecule has 0 spiro atoms. The first-order valence-corrected chi connectivity index (χ1v) is 5.64. The topological polar surface area (TPSA) is 59.4 Å². The average molecular weight is 229 g/mol. The quantitative estimate of drug-likeness (QED) is 0.838. The molecule has 1 unspecified atom stereocenters. The number of carboxylic acids is 1. The van der Waals surface area contributed by atoms with Crippen molar-refractivity contribution in [3.05, 3.63) is 15.6 Å². The highest BCUT2D eigenvalue weighted by Crippen LogP contribution is 2.20. The van der Waals surface area contributed by atoms with E-state index in [2.05, 4.69) is 4.98 Å². The summed E-state index contributed by atoms with van der Waals surface area (Å²) in [4.78, 5) is 15.5. The summed E-state index contributed by atoms with van der Waals surface area (Å²) >= 11 is 1.25. The molecule has 0 aliphatic heterocycles. The maximum absolute atomic E-state index is 10.9. The highest BCUT2D eigenvalue weighted by atomic mass is 32.1. The molecule has 0 bridgehead atoms. The summed E-state index contributed by atoms with van der Waals surface area (Å²) in [5.74, 6) is -0.888. The van der Waals surface area contributed by atoms with Crippen molar-refractivity contribution in [3.63, 3.8) is 0 Å². The van der Waals surface area contributed by atoms with E-state index in [9.17, 15) is 4.79 Å². The van der Waals surface area contributed by atoms with Gasteiger partial charge in [0.05, 0.1) is 16.8 Å². The molecule has 0 fully saturated rings. The normalized spacial score (nSPS) is 12.7. The van der Waals surface area contributed by atoms with Crippen LogP contribution in [-0.4, -0.2) is 29.3 Å². The standard InChI is InChI=1S/C10H15NO3S/c1-4-7-9(10(12)13)15-8(11-7)5-6(2)14-3/h6H,4-5H2,1-3H3,(H,12,13). The molecule has 1 rings (SSSR count). The number of hydrogen-bond donors (Lipinski definition) is 1. The molecule has 15 heavy (non-hydrogen) atoms. The van der Waals surface area contributed by atoms with E-state index in [4.69, 9.17) is 9.84 Å². The highest BCUT2D eigenvalue weighted by molar-refractivity contribution is 7.13. The van der Waals surface area contributed by atoms with Crippen LogP contribution >= 0.6 is 11.3 Å². The summed E-state index contributed by atoms with van der Waals surface area (Å²) in [7, 11) is 1.64. The van der Waals surface area contributed by atoms with Crippen molar-refractivity contribution < 1.29 is 14.6 Å². The Morgan fingerprint density at radius 3 is 2.73 bits per heavy atom. The molecule has 1 aromatic heterocycles. The third-order valence-corrected chi connectivity index (χ3v) is 3.24. The maximum Gasteiger partial charge on any atom is 0.347 e. The monoisotopic (exact) mass is 229 g/mol. The van der Waals surface area contributed by atoms with Crippen LogP contribution in [0.2, 0.25) is 0 Å². The Morgan fingerprint density at radius 2 is 2.33 bits per heavy atom. The maximum atomic E-state index is 10.9. The number of methoxy groups -OCH3 is 1. The van der Waals surface area contributed by atoms with Crippen LogP contribution in [0.15, 0.2) is 0 Å². The van der Waals surface area contributed by atoms with E-state index in [1.54, 1.807) is 7.11 Å². The summed E-state index contributed by atoms with van der Waals surface area (Å²) in [5.41, 5.74) is 0.672. The molecular weight excluding hydrogens is 214 g/mol. The van der Waals surface area contributed by atoms with Crippen LogP contribution in [0.1, 0.15) is 34.2 Å². The van der Waals surface area contributed by atoms with Gasteiger partial charge in [0.25, 0.3) is 0 Å². The van der Waals surface area contributed by atoms with E-state index in [0.717, 1.165) is 5.01 Å². The van der Waals surface area contributed by atoms with Gasteiger partial charge in [0.1, 0.15) is 4.88 Å². The van der Waals surface area contributed by atoms with Gasteiger partial charge in [-0.3, -0.25) is 0 Å². The molecule has 84 valence electrons. The van der Waals surface area contributed by atoms with E-state index in [-0.39, 0.29) is 6.10 Å². The molecule has 0 radical (unpaired) electrons. The molecule has 1 aromatic rings. The average Bonchev–Trinajstić information content (AvgIpc) is 2.60. The van der Waals surface area contributed by atoms with Crippen LogP contribution in [0.4, 0.5) is 0 Å². The number of carboxylic acid groups (broad SMARTS) is 1. The molecule has 0 aliphatic carbocycles. The third-order valence-electron chi connectivity index (χ3n) is 2.14. The molecule has 1 N–H and O–H groups in total. The summed E-state index contributed by atoms with van der Waals surface area (Å²) in [5, 5.41) is 9.77. The second kappa shape index (κ2) is 5.23. The molecule has 0 saturated carbocycles. The fraction of sp³-hybridized carbons (Fsp3) is 0.600. The minimum Gasteiger partial charge on any atom is -0.477 e.